The number of Topliss-reactive ketones (excluding diaryl/α,β-unsaturated/α-hetero) is 1. The van der Waals surface area contributed by atoms with E-state index in [9.17, 15) is 24.3 Å². The molecule has 2 aliphatic carbocycles. The molecule has 8 heteroatoms. The fourth-order valence-electron chi connectivity index (χ4n) is 5.80. The van der Waals surface area contributed by atoms with E-state index in [4.69, 9.17) is 21.1 Å². The third-order valence-electron chi connectivity index (χ3n) is 7.77. The van der Waals surface area contributed by atoms with Crippen molar-refractivity contribution >= 4 is 35.1 Å². The molecular weight excluding hydrogens is 460 g/mol. The molecule has 34 heavy (non-hydrogen) atoms. The molecule has 0 aromatic rings. The summed E-state index contributed by atoms with van der Waals surface area (Å²) in [5.74, 6) is -5.08. The van der Waals surface area contributed by atoms with Crippen LogP contribution >= 0.6 is 11.6 Å². The van der Waals surface area contributed by atoms with Crippen LogP contribution in [0.2, 0.25) is 0 Å². The van der Waals surface area contributed by atoms with Gasteiger partial charge in [0.05, 0.1) is 11.3 Å². The van der Waals surface area contributed by atoms with Gasteiger partial charge < -0.3 is 14.6 Å². The second kappa shape index (κ2) is 9.42. The summed E-state index contributed by atoms with van der Waals surface area (Å²) >= 11 is 6.66. The van der Waals surface area contributed by atoms with Crippen LogP contribution in [0.15, 0.2) is 36.5 Å². The van der Waals surface area contributed by atoms with Gasteiger partial charge in [0.15, 0.2) is 17.5 Å². The molecule has 9 atom stereocenters. The van der Waals surface area contributed by atoms with Crippen molar-refractivity contribution in [3.05, 3.63) is 36.5 Å². The average molecular weight is 493 g/mol. The first-order chi connectivity index (χ1) is 15.8. The third kappa shape index (κ3) is 4.07. The molecule has 7 nitrogen and oxygen atoms in total. The first-order valence-electron chi connectivity index (χ1n) is 11.7. The number of rotatable bonds is 4. The van der Waals surface area contributed by atoms with Gasteiger partial charge in [0.2, 0.25) is 0 Å². The van der Waals surface area contributed by atoms with Gasteiger partial charge in [-0.1, -0.05) is 45.6 Å². The van der Waals surface area contributed by atoms with Gasteiger partial charge in [0.1, 0.15) is 11.9 Å². The van der Waals surface area contributed by atoms with E-state index in [2.05, 4.69) is 6.58 Å². The number of ether oxygens (including phenoxy) is 2. The first kappa shape index (κ1) is 26.4. The van der Waals surface area contributed by atoms with Crippen molar-refractivity contribution in [2.75, 3.05) is 0 Å². The fourth-order valence-corrected chi connectivity index (χ4v) is 6.13. The summed E-state index contributed by atoms with van der Waals surface area (Å²) in [6.45, 7) is 12.1. The zero-order valence-electron chi connectivity index (χ0n) is 20.2. The van der Waals surface area contributed by atoms with E-state index >= 15 is 0 Å². The highest BCUT2D eigenvalue weighted by atomic mass is 35.5. The Bertz CT molecular complexity index is 968. The average Bonchev–Trinajstić information content (AvgIpc) is 2.99. The predicted octanol–water partition coefficient (Wildman–Crippen LogP) is 3.33. The Morgan fingerprint density at radius 3 is 2.50 bits per heavy atom. The van der Waals surface area contributed by atoms with Gasteiger partial charge in [0, 0.05) is 36.5 Å². The number of allylic oxidation sites excluding steroid dienone is 4. The number of carbonyl (C=O) groups excluding carboxylic acids is 4. The van der Waals surface area contributed by atoms with E-state index in [0.29, 0.717) is 18.4 Å². The van der Waals surface area contributed by atoms with Crippen molar-refractivity contribution in [2.24, 2.45) is 29.1 Å². The molecule has 1 N–H and O–H groups in total. The topological polar surface area (TPSA) is 107 Å². The molecule has 0 aromatic heterocycles. The van der Waals surface area contributed by atoms with Crippen molar-refractivity contribution in [2.45, 2.75) is 70.6 Å². The molecule has 1 aliphatic heterocycles. The SMILES string of the molecule is C=C1/C=C\[C@H](C(=O)CCC)[C@@]2(C)C=CC(=O)[C@H](C)C2[C@H](OC(C)=O)C2(O)[C@@H](C)C(=O)O[C@H]2[C@H]1Cl. The van der Waals surface area contributed by atoms with Gasteiger partial charge in [-0.25, -0.2) is 0 Å². The van der Waals surface area contributed by atoms with Crippen molar-refractivity contribution in [1.82, 2.24) is 0 Å². The number of hydrogen-bond donors (Lipinski definition) is 1. The molecule has 3 rings (SSSR count). The van der Waals surface area contributed by atoms with Gasteiger partial charge in [-0.05, 0) is 25.0 Å². The largest absolute Gasteiger partial charge is 0.459 e. The number of ketones is 2. The maximum atomic E-state index is 13.4. The van der Waals surface area contributed by atoms with E-state index in [0.717, 1.165) is 0 Å². The van der Waals surface area contributed by atoms with Crippen LogP contribution in [0.25, 0.3) is 0 Å². The van der Waals surface area contributed by atoms with Crippen molar-refractivity contribution in [3.8, 4) is 0 Å². The van der Waals surface area contributed by atoms with Gasteiger partial charge in [-0.15, -0.1) is 11.6 Å². The normalized spacial score (nSPS) is 42.9. The number of hydrogen-bond acceptors (Lipinski definition) is 7. The second-order valence-electron chi connectivity index (χ2n) is 9.94. The summed E-state index contributed by atoms with van der Waals surface area (Å²) < 4.78 is 11.3. The molecule has 2 unspecified atom stereocenters. The maximum Gasteiger partial charge on any atom is 0.312 e. The van der Waals surface area contributed by atoms with Gasteiger partial charge in [-0.2, -0.15) is 0 Å². The Hall–Kier alpha value is -2.25. The van der Waals surface area contributed by atoms with Crippen LogP contribution < -0.4 is 0 Å². The Morgan fingerprint density at radius 1 is 1.26 bits per heavy atom. The summed E-state index contributed by atoms with van der Waals surface area (Å²) in [4.78, 5) is 51.3. The lowest BCUT2D eigenvalue weighted by Gasteiger charge is -2.52. The number of esters is 2. The van der Waals surface area contributed by atoms with Crippen LogP contribution in [-0.4, -0.2) is 51.8 Å². The lowest BCUT2D eigenvalue weighted by Crippen LogP contribution is -2.65. The third-order valence-corrected chi connectivity index (χ3v) is 8.28. The van der Waals surface area contributed by atoms with Gasteiger partial charge in [0.25, 0.3) is 0 Å². The van der Waals surface area contributed by atoms with Crippen molar-refractivity contribution in [3.63, 3.8) is 0 Å². The number of halogens is 1. The van der Waals surface area contributed by atoms with Crippen molar-refractivity contribution in [1.29, 1.82) is 0 Å². The Labute approximate surface area is 205 Å². The van der Waals surface area contributed by atoms with Crippen LogP contribution in [0, 0.1) is 29.1 Å². The monoisotopic (exact) mass is 492 g/mol. The molecule has 0 saturated carbocycles. The van der Waals surface area contributed by atoms with E-state index in [1.54, 1.807) is 25.2 Å². The summed E-state index contributed by atoms with van der Waals surface area (Å²) in [6.07, 6.45) is 4.73. The first-order valence-corrected chi connectivity index (χ1v) is 12.1. The highest BCUT2D eigenvalue weighted by Gasteiger charge is 2.67. The highest BCUT2D eigenvalue weighted by molar-refractivity contribution is 6.23. The van der Waals surface area contributed by atoms with Crippen LogP contribution in [0.3, 0.4) is 0 Å². The summed E-state index contributed by atoms with van der Waals surface area (Å²) in [7, 11) is 0. The minimum atomic E-state index is -2.06. The molecule has 1 heterocycles. The predicted molar refractivity (Wildman–Crippen MR) is 126 cm³/mol. The van der Waals surface area contributed by atoms with Crippen LogP contribution in [-0.2, 0) is 28.7 Å². The minimum absolute atomic E-state index is 0.0612. The Morgan fingerprint density at radius 2 is 1.91 bits per heavy atom. The zero-order valence-corrected chi connectivity index (χ0v) is 21.0. The van der Waals surface area contributed by atoms with E-state index < -0.39 is 64.2 Å². The number of alkyl halides is 1. The minimum Gasteiger partial charge on any atom is -0.459 e. The molecule has 1 fully saturated rings. The molecule has 186 valence electrons. The van der Waals surface area contributed by atoms with E-state index in [-0.39, 0.29) is 11.6 Å². The molecule has 0 aromatic carbocycles. The summed E-state index contributed by atoms with van der Waals surface area (Å²) in [6, 6.07) is 0. The van der Waals surface area contributed by atoms with Gasteiger partial charge in [-0.3, -0.25) is 19.2 Å². The van der Waals surface area contributed by atoms with E-state index in [1.165, 1.54) is 19.9 Å². The molecule has 0 amide bonds. The molecule has 0 bridgehead atoms. The van der Waals surface area contributed by atoms with Crippen LogP contribution in [0.1, 0.15) is 47.5 Å². The quantitative estimate of drug-likeness (QED) is 0.473. The van der Waals surface area contributed by atoms with Crippen LogP contribution in [0.5, 0.6) is 0 Å². The lowest BCUT2D eigenvalue weighted by molar-refractivity contribution is -0.201. The molecular formula is C26H33ClO7. The highest BCUT2D eigenvalue weighted by Crippen LogP contribution is 2.54. The molecule has 0 radical (unpaired) electrons. The lowest BCUT2D eigenvalue weighted by atomic mass is 9.54. The molecule has 0 spiro atoms. The number of carbonyl (C=O) groups is 4. The smallest absolute Gasteiger partial charge is 0.312 e. The standard InChI is InChI=1S/C26H33ClO7/c1-7-8-19(30)17-10-9-13(2)21(27)23-26(32,15(4)24(31)34-23)22(33-16(5)28)20-14(3)18(29)11-12-25(17,20)6/h9-12,14-15,17,20-23,32H,2,7-8H2,1,3-6H3/b10-9-/t14-,15-,17+,20?,21-,22-,23-,25+,26?/m0/s1. The maximum absolute atomic E-state index is 13.4. The second-order valence-corrected chi connectivity index (χ2v) is 10.4. The fraction of sp³-hybridized carbons (Fsp3) is 0.615. The van der Waals surface area contributed by atoms with Gasteiger partial charge >= 0.3 is 11.9 Å². The van der Waals surface area contributed by atoms with E-state index in [1.807, 2.05) is 13.8 Å². The van der Waals surface area contributed by atoms with Crippen LogP contribution in [0.4, 0.5) is 0 Å². The number of fused-ring (bicyclic) bond motifs is 2. The summed E-state index contributed by atoms with van der Waals surface area (Å²) in [5.41, 5.74) is -2.75. The number of aliphatic hydroxyl groups is 1. The zero-order chi connectivity index (χ0) is 25.6. The Kier molecular flexibility index (Phi) is 7.30. The van der Waals surface area contributed by atoms with Crippen molar-refractivity contribution < 1.29 is 33.8 Å². The molecule has 1 saturated heterocycles. The molecule has 3 aliphatic rings. The summed E-state index contributed by atoms with van der Waals surface area (Å²) in [5, 5.41) is 11.1. The Balaban J connectivity index is 2.37.